The smallest absolute Gasteiger partial charge is 0.181 e. The molecule has 0 saturated heterocycles. The molecule has 0 fully saturated rings. The third-order valence-corrected chi connectivity index (χ3v) is 2.55. The maximum absolute atomic E-state index is 11.1. The molecule has 0 N–H and O–H groups in total. The molecule has 1 aliphatic carbocycles. The van der Waals surface area contributed by atoms with Gasteiger partial charge in [-0.1, -0.05) is 25.5 Å². The topological polar surface area (TPSA) is 17.1 Å². The summed E-state index contributed by atoms with van der Waals surface area (Å²) >= 11 is 0. The van der Waals surface area contributed by atoms with Gasteiger partial charge in [-0.15, -0.1) is 0 Å². The number of carbonyl (C=O) groups is 1. The van der Waals surface area contributed by atoms with Gasteiger partial charge in [-0.05, 0) is 25.5 Å². The van der Waals surface area contributed by atoms with Crippen LogP contribution in [-0.2, 0) is 4.79 Å². The van der Waals surface area contributed by atoms with Crippen LogP contribution in [0.25, 0.3) is 0 Å². The second-order valence-corrected chi connectivity index (χ2v) is 3.67. The normalized spacial score (nSPS) is 22.7. The molecule has 1 rings (SSSR count). The second-order valence-electron chi connectivity index (χ2n) is 3.67. The third kappa shape index (κ3) is 1.28. The van der Waals surface area contributed by atoms with Crippen molar-refractivity contribution in [2.24, 2.45) is 5.41 Å². The Morgan fingerprint density at radius 1 is 1.27 bits per heavy atom. The quantitative estimate of drug-likeness (QED) is 0.518. The van der Waals surface area contributed by atoms with E-state index in [0.717, 1.165) is 5.57 Å². The molecule has 0 heterocycles. The number of allylic oxidation sites excluding steroid dienone is 4. The summed E-state index contributed by atoms with van der Waals surface area (Å²) in [5.41, 5.74) is 2.15. The van der Waals surface area contributed by atoms with Crippen molar-refractivity contribution in [1.82, 2.24) is 0 Å². The van der Waals surface area contributed by atoms with Gasteiger partial charge in [0.25, 0.3) is 0 Å². The van der Waals surface area contributed by atoms with E-state index in [2.05, 4.69) is 13.8 Å². The fraction of sp³-hybridized carbons (Fsp3) is 0.500. The van der Waals surface area contributed by atoms with E-state index < -0.39 is 0 Å². The van der Waals surface area contributed by atoms with Crippen molar-refractivity contribution in [3.8, 4) is 0 Å². The summed E-state index contributed by atoms with van der Waals surface area (Å²) in [6, 6.07) is 0. The van der Waals surface area contributed by atoms with Gasteiger partial charge in [0.1, 0.15) is 0 Å². The van der Waals surface area contributed by atoms with Crippen LogP contribution < -0.4 is 0 Å². The first-order valence-corrected chi connectivity index (χ1v) is 3.86. The summed E-state index contributed by atoms with van der Waals surface area (Å²) in [6.07, 6.45) is 3.64. The van der Waals surface area contributed by atoms with E-state index in [1.54, 1.807) is 6.08 Å². The number of hydrogen-bond donors (Lipinski definition) is 0. The Morgan fingerprint density at radius 2 is 1.82 bits per heavy atom. The Kier molecular flexibility index (Phi) is 1.75. The molecule has 0 radical (unpaired) electrons. The van der Waals surface area contributed by atoms with Gasteiger partial charge >= 0.3 is 0 Å². The highest BCUT2D eigenvalue weighted by Gasteiger charge is 2.24. The van der Waals surface area contributed by atoms with Crippen LogP contribution in [0.15, 0.2) is 23.3 Å². The number of ketones is 1. The first kappa shape index (κ1) is 8.25. The third-order valence-electron chi connectivity index (χ3n) is 2.55. The molecule has 0 unspecified atom stereocenters. The zero-order chi connectivity index (χ0) is 8.65. The fourth-order valence-electron chi connectivity index (χ4n) is 1.20. The number of carbonyl (C=O) groups excluding carboxylic acids is 1. The molecule has 1 heteroatoms. The molecule has 1 aliphatic rings. The van der Waals surface area contributed by atoms with Crippen LogP contribution in [0.1, 0.15) is 27.7 Å². The van der Waals surface area contributed by atoms with Crippen LogP contribution in [0.2, 0.25) is 0 Å². The highest BCUT2D eigenvalue weighted by atomic mass is 16.1. The molecule has 0 aliphatic heterocycles. The molecule has 0 spiro atoms. The van der Waals surface area contributed by atoms with E-state index in [9.17, 15) is 4.79 Å². The highest BCUT2D eigenvalue weighted by molar-refractivity contribution is 6.05. The van der Waals surface area contributed by atoms with Crippen molar-refractivity contribution in [1.29, 1.82) is 0 Å². The first-order valence-electron chi connectivity index (χ1n) is 3.86. The van der Waals surface area contributed by atoms with Crippen molar-refractivity contribution < 1.29 is 4.79 Å². The molecule has 0 atom stereocenters. The number of rotatable bonds is 0. The fourth-order valence-corrected chi connectivity index (χ4v) is 1.20. The Morgan fingerprint density at radius 3 is 2.27 bits per heavy atom. The molecule has 1 nitrogen and oxygen atoms in total. The maximum atomic E-state index is 11.1. The van der Waals surface area contributed by atoms with Crippen LogP contribution in [-0.4, -0.2) is 5.78 Å². The van der Waals surface area contributed by atoms with Gasteiger partial charge < -0.3 is 0 Å². The minimum atomic E-state index is 0.0675. The van der Waals surface area contributed by atoms with Gasteiger partial charge in [-0.25, -0.2) is 0 Å². The lowest BCUT2D eigenvalue weighted by Crippen LogP contribution is -2.18. The summed E-state index contributed by atoms with van der Waals surface area (Å²) < 4.78 is 0. The molecular weight excluding hydrogens is 136 g/mol. The monoisotopic (exact) mass is 150 g/mol. The minimum Gasteiger partial charge on any atom is -0.290 e. The lowest BCUT2D eigenvalue weighted by Gasteiger charge is -2.26. The van der Waals surface area contributed by atoms with E-state index in [1.807, 2.05) is 19.9 Å². The standard InChI is InChI=1S/C10H14O/c1-7-8(2)10(3,4)6-5-9(7)11/h5-6H,1-4H3. The summed E-state index contributed by atoms with van der Waals surface area (Å²) in [7, 11) is 0. The van der Waals surface area contributed by atoms with E-state index in [0.29, 0.717) is 0 Å². The lowest BCUT2D eigenvalue weighted by atomic mass is 9.78. The first-order chi connectivity index (χ1) is 4.95. The molecule has 0 aromatic heterocycles. The summed E-state index contributed by atoms with van der Waals surface area (Å²) in [5.74, 6) is 0.154. The second kappa shape index (κ2) is 2.33. The predicted octanol–water partition coefficient (Wildman–Crippen LogP) is 2.49. The van der Waals surface area contributed by atoms with Gasteiger partial charge in [0, 0.05) is 5.41 Å². The van der Waals surface area contributed by atoms with Crippen LogP contribution in [0.4, 0.5) is 0 Å². The summed E-state index contributed by atoms with van der Waals surface area (Å²) in [4.78, 5) is 11.1. The molecule has 60 valence electrons. The predicted molar refractivity (Wildman–Crippen MR) is 46.3 cm³/mol. The van der Waals surface area contributed by atoms with Gasteiger partial charge in [0.2, 0.25) is 0 Å². The Balaban J connectivity index is 3.14. The Bertz CT molecular complexity index is 254. The zero-order valence-corrected chi connectivity index (χ0v) is 7.56. The van der Waals surface area contributed by atoms with Gasteiger partial charge in [-0.2, -0.15) is 0 Å². The summed E-state index contributed by atoms with van der Waals surface area (Å²) in [6.45, 7) is 8.16. The lowest BCUT2D eigenvalue weighted by molar-refractivity contribution is -0.111. The molecule has 0 amide bonds. The van der Waals surface area contributed by atoms with E-state index in [-0.39, 0.29) is 11.2 Å². The van der Waals surface area contributed by atoms with Crippen molar-refractivity contribution in [2.75, 3.05) is 0 Å². The molecule has 0 aromatic rings. The Labute approximate surface area is 67.8 Å². The molecule has 0 bridgehead atoms. The minimum absolute atomic E-state index is 0.0675. The van der Waals surface area contributed by atoms with Crippen LogP contribution in [0.5, 0.6) is 0 Å². The van der Waals surface area contributed by atoms with Crippen molar-refractivity contribution in [3.05, 3.63) is 23.3 Å². The van der Waals surface area contributed by atoms with Gasteiger partial charge in [0.05, 0.1) is 0 Å². The summed E-state index contributed by atoms with van der Waals surface area (Å²) in [5, 5.41) is 0. The van der Waals surface area contributed by atoms with Crippen molar-refractivity contribution in [3.63, 3.8) is 0 Å². The average molecular weight is 150 g/mol. The van der Waals surface area contributed by atoms with Crippen LogP contribution in [0.3, 0.4) is 0 Å². The molecule has 0 saturated carbocycles. The van der Waals surface area contributed by atoms with Crippen molar-refractivity contribution in [2.45, 2.75) is 27.7 Å². The van der Waals surface area contributed by atoms with E-state index in [4.69, 9.17) is 0 Å². The largest absolute Gasteiger partial charge is 0.290 e. The Hall–Kier alpha value is -0.850. The molecule has 11 heavy (non-hydrogen) atoms. The van der Waals surface area contributed by atoms with Gasteiger partial charge in [-0.3, -0.25) is 4.79 Å². The molecular formula is C10H14O. The SMILES string of the molecule is CC1=C(C)C(C)(C)C=CC1=O. The van der Waals surface area contributed by atoms with Crippen molar-refractivity contribution >= 4 is 5.78 Å². The molecule has 0 aromatic carbocycles. The zero-order valence-electron chi connectivity index (χ0n) is 7.56. The van der Waals surface area contributed by atoms with E-state index >= 15 is 0 Å². The van der Waals surface area contributed by atoms with E-state index in [1.165, 1.54) is 5.57 Å². The average Bonchev–Trinajstić information content (AvgIpc) is 1.95. The highest BCUT2D eigenvalue weighted by Crippen LogP contribution is 2.33. The van der Waals surface area contributed by atoms with Crippen LogP contribution >= 0.6 is 0 Å². The van der Waals surface area contributed by atoms with Crippen LogP contribution in [0, 0.1) is 5.41 Å². The maximum Gasteiger partial charge on any atom is 0.181 e. The number of hydrogen-bond acceptors (Lipinski definition) is 1. The van der Waals surface area contributed by atoms with Gasteiger partial charge in [0.15, 0.2) is 5.78 Å².